The van der Waals surface area contributed by atoms with Gasteiger partial charge in [0.05, 0.1) is 18.4 Å². The number of carboxylic acid groups (broad SMARTS) is 1. The second kappa shape index (κ2) is 6.61. The van der Waals surface area contributed by atoms with Crippen LogP contribution in [0.25, 0.3) is 0 Å². The third kappa shape index (κ3) is 3.75. The number of anilines is 1. The topological polar surface area (TPSA) is 106 Å². The molecule has 0 saturated heterocycles. The summed E-state index contributed by atoms with van der Waals surface area (Å²) in [5, 5.41) is 8.87. The lowest BCUT2D eigenvalue weighted by Gasteiger charge is -2.12. The van der Waals surface area contributed by atoms with Crippen LogP contribution in [0.3, 0.4) is 0 Å². The van der Waals surface area contributed by atoms with E-state index in [1.165, 1.54) is 12.3 Å². The molecule has 0 radical (unpaired) electrons. The average Bonchev–Trinajstić information content (AvgIpc) is 2.49. The summed E-state index contributed by atoms with van der Waals surface area (Å²) < 4.78 is 45.5. The minimum absolute atomic E-state index is 0.0879. The number of nitrogens with one attached hydrogen (secondary N) is 1. The van der Waals surface area contributed by atoms with Gasteiger partial charge in [-0.15, -0.1) is 0 Å². The summed E-state index contributed by atoms with van der Waals surface area (Å²) in [5.74, 6) is -2.35. The number of aromatic carboxylic acids is 1. The minimum atomic E-state index is -4.07. The predicted molar refractivity (Wildman–Crippen MR) is 79.6 cm³/mol. The van der Waals surface area contributed by atoms with Crippen molar-refractivity contribution in [1.82, 2.24) is 4.98 Å². The molecule has 0 aliphatic rings. The first-order chi connectivity index (χ1) is 10.8. The SMILES string of the molecule is CCOc1ccncc1S(=O)(=O)Nc1ccc(F)c(C(=O)O)c1. The van der Waals surface area contributed by atoms with Crippen LogP contribution < -0.4 is 9.46 Å². The van der Waals surface area contributed by atoms with Gasteiger partial charge in [-0.25, -0.2) is 17.6 Å². The molecule has 0 bridgehead atoms. The monoisotopic (exact) mass is 340 g/mol. The van der Waals surface area contributed by atoms with E-state index < -0.39 is 27.4 Å². The molecule has 9 heteroatoms. The number of carbonyl (C=O) groups is 1. The maximum absolute atomic E-state index is 13.4. The smallest absolute Gasteiger partial charge is 0.338 e. The summed E-state index contributed by atoms with van der Waals surface area (Å²) in [7, 11) is -4.07. The molecule has 0 atom stereocenters. The van der Waals surface area contributed by atoms with Crippen molar-refractivity contribution in [2.75, 3.05) is 11.3 Å². The van der Waals surface area contributed by atoms with Crippen LogP contribution in [0.2, 0.25) is 0 Å². The molecular weight excluding hydrogens is 327 g/mol. The Balaban J connectivity index is 2.39. The fourth-order valence-electron chi connectivity index (χ4n) is 1.81. The fraction of sp³-hybridized carbons (Fsp3) is 0.143. The van der Waals surface area contributed by atoms with Gasteiger partial charge in [-0.1, -0.05) is 0 Å². The Bertz CT molecular complexity index is 839. The average molecular weight is 340 g/mol. The van der Waals surface area contributed by atoms with Gasteiger partial charge in [-0.2, -0.15) is 0 Å². The van der Waals surface area contributed by atoms with Crippen molar-refractivity contribution in [2.24, 2.45) is 0 Å². The fourth-order valence-corrected chi connectivity index (χ4v) is 2.95. The molecule has 0 fully saturated rings. The largest absolute Gasteiger partial charge is 0.492 e. The van der Waals surface area contributed by atoms with Crippen LogP contribution in [0.1, 0.15) is 17.3 Å². The van der Waals surface area contributed by atoms with Gasteiger partial charge in [-0.3, -0.25) is 9.71 Å². The summed E-state index contributed by atoms with van der Waals surface area (Å²) in [5.41, 5.74) is -0.725. The van der Waals surface area contributed by atoms with Crippen LogP contribution in [-0.2, 0) is 10.0 Å². The molecule has 0 amide bonds. The van der Waals surface area contributed by atoms with Crippen LogP contribution in [0.4, 0.5) is 10.1 Å². The Morgan fingerprint density at radius 1 is 1.39 bits per heavy atom. The van der Waals surface area contributed by atoms with E-state index in [-0.39, 0.29) is 22.9 Å². The van der Waals surface area contributed by atoms with Crippen molar-refractivity contribution in [3.8, 4) is 5.75 Å². The molecule has 0 aliphatic carbocycles. The van der Waals surface area contributed by atoms with Gasteiger partial charge in [0.25, 0.3) is 10.0 Å². The highest BCUT2D eigenvalue weighted by molar-refractivity contribution is 7.92. The number of aromatic nitrogens is 1. The molecule has 0 unspecified atom stereocenters. The first-order valence-electron chi connectivity index (χ1n) is 6.47. The number of rotatable bonds is 6. The number of hydrogen-bond acceptors (Lipinski definition) is 5. The number of carboxylic acids is 1. The van der Waals surface area contributed by atoms with Crippen molar-refractivity contribution in [2.45, 2.75) is 11.8 Å². The van der Waals surface area contributed by atoms with Crippen molar-refractivity contribution < 1.29 is 27.4 Å². The quantitative estimate of drug-likeness (QED) is 0.834. The molecule has 23 heavy (non-hydrogen) atoms. The Morgan fingerprint density at radius 3 is 2.78 bits per heavy atom. The first kappa shape index (κ1) is 16.7. The lowest BCUT2D eigenvalue weighted by atomic mass is 10.2. The van der Waals surface area contributed by atoms with Crippen molar-refractivity contribution >= 4 is 21.7 Å². The van der Waals surface area contributed by atoms with Crippen molar-refractivity contribution in [1.29, 1.82) is 0 Å². The Morgan fingerprint density at radius 2 is 2.13 bits per heavy atom. The zero-order valence-electron chi connectivity index (χ0n) is 12.0. The third-order valence-corrected chi connectivity index (χ3v) is 4.18. The molecule has 7 nitrogen and oxygen atoms in total. The molecule has 1 aromatic heterocycles. The van der Waals surface area contributed by atoms with Gasteiger partial charge in [0.15, 0.2) is 0 Å². The van der Waals surface area contributed by atoms with Crippen LogP contribution in [0, 0.1) is 5.82 Å². The van der Waals surface area contributed by atoms with Gasteiger partial charge in [0.1, 0.15) is 16.5 Å². The molecule has 1 heterocycles. The molecule has 2 aromatic rings. The maximum atomic E-state index is 13.4. The van der Waals surface area contributed by atoms with E-state index in [1.807, 2.05) is 0 Å². The Kier molecular flexibility index (Phi) is 4.80. The number of hydrogen-bond donors (Lipinski definition) is 2. The van der Waals surface area contributed by atoms with E-state index in [9.17, 15) is 17.6 Å². The molecular formula is C14H13FN2O5S. The lowest BCUT2D eigenvalue weighted by Crippen LogP contribution is -2.15. The molecule has 0 saturated carbocycles. The molecule has 1 aromatic carbocycles. The van der Waals surface area contributed by atoms with E-state index >= 15 is 0 Å². The van der Waals surface area contributed by atoms with E-state index in [1.54, 1.807) is 6.92 Å². The second-order valence-electron chi connectivity index (χ2n) is 4.36. The number of halogens is 1. The summed E-state index contributed by atoms with van der Waals surface area (Å²) in [6, 6.07) is 4.28. The van der Waals surface area contributed by atoms with Gasteiger partial charge < -0.3 is 9.84 Å². The zero-order valence-corrected chi connectivity index (χ0v) is 12.8. The van der Waals surface area contributed by atoms with Crippen LogP contribution in [0.15, 0.2) is 41.6 Å². The van der Waals surface area contributed by atoms with Crippen LogP contribution in [-0.4, -0.2) is 31.1 Å². The van der Waals surface area contributed by atoms with Crippen LogP contribution in [0.5, 0.6) is 5.75 Å². The number of benzene rings is 1. The highest BCUT2D eigenvalue weighted by Crippen LogP contribution is 2.25. The zero-order chi connectivity index (χ0) is 17.0. The molecule has 2 N–H and O–H groups in total. The normalized spacial score (nSPS) is 11.0. The van der Waals surface area contributed by atoms with E-state index in [0.29, 0.717) is 0 Å². The third-order valence-electron chi connectivity index (χ3n) is 2.78. The standard InChI is InChI=1S/C14H13FN2O5S/c1-2-22-12-5-6-16-8-13(12)23(20,21)17-9-3-4-11(15)10(7-9)14(18)19/h3-8,17H,2H2,1H3,(H,18,19). The summed E-state index contributed by atoms with van der Waals surface area (Å²) in [6.07, 6.45) is 2.49. The lowest BCUT2D eigenvalue weighted by molar-refractivity contribution is 0.0692. The maximum Gasteiger partial charge on any atom is 0.338 e. The molecule has 0 aliphatic heterocycles. The molecule has 0 spiro atoms. The van der Waals surface area contributed by atoms with E-state index in [0.717, 1.165) is 24.4 Å². The number of pyridine rings is 1. The highest BCUT2D eigenvalue weighted by Gasteiger charge is 2.21. The van der Waals surface area contributed by atoms with Crippen LogP contribution >= 0.6 is 0 Å². The van der Waals surface area contributed by atoms with Gasteiger partial charge >= 0.3 is 5.97 Å². The summed E-state index contributed by atoms with van der Waals surface area (Å²) in [4.78, 5) is 14.4. The van der Waals surface area contributed by atoms with Crippen molar-refractivity contribution in [3.63, 3.8) is 0 Å². The molecule has 122 valence electrons. The predicted octanol–water partition coefficient (Wildman–Crippen LogP) is 2.12. The van der Waals surface area contributed by atoms with Gasteiger partial charge in [0, 0.05) is 11.9 Å². The van der Waals surface area contributed by atoms with E-state index in [2.05, 4.69) is 9.71 Å². The molecule has 2 rings (SSSR count). The first-order valence-corrected chi connectivity index (χ1v) is 7.96. The van der Waals surface area contributed by atoms with E-state index in [4.69, 9.17) is 9.84 Å². The van der Waals surface area contributed by atoms with Gasteiger partial charge in [0.2, 0.25) is 0 Å². The summed E-state index contributed by atoms with van der Waals surface area (Å²) in [6.45, 7) is 1.95. The van der Waals surface area contributed by atoms with Gasteiger partial charge in [-0.05, 0) is 31.2 Å². The highest BCUT2D eigenvalue weighted by atomic mass is 32.2. The minimum Gasteiger partial charge on any atom is -0.492 e. The number of ether oxygens (including phenoxy) is 1. The van der Waals surface area contributed by atoms with Crippen molar-refractivity contribution in [3.05, 3.63) is 48.0 Å². The Labute approximate surface area is 131 Å². The summed E-state index contributed by atoms with van der Waals surface area (Å²) >= 11 is 0. The number of sulfonamides is 1. The second-order valence-corrected chi connectivity index (χ2v) is 6.01. The number of nitrogens with zero attached hydrogens (tertiary/aromatic N) is 1. The Hall–Kier alpha value is -2.68.